The Morgan fingerprint density at radius 3 is 2.27 bits per heavy atom. The molecule has 3 aromatic rings. The van der Waals surface area contributed by atoms with Crippen LogP contribution in [-0.2, 0) is 14.8 Å². The van der Waals surface area contributed by atoms with Gasteiger partial charge in [-0.15, -0.1) is 10.2 Å². The third kappa shape index (κ3) is 5.00. The Hall–Kier alpha value is -3.01. The Bertz CT molecular complexity index is 1230. The lowest BCUT2D eigenvalue weighted by Crippen LogP contribution is -2.49. The highest BCUT2D eigenvalue weighted by Crippen LogP contribution is 2.27. The van der Waals surface area contributed by atoms with Crippen molar-refractivity contribution in [3.63, 3.8) is 0 Å². The molecule has 0 N–H and O–H groups in total. The Kier molecular flexibility index (Phi) is 6.92. The summed E-state index contributed by atoms with van der Waals surface area (Å²) in [5, 5.41) is 9.21. The van der Waals surface area contributed by atoms with Gasteiger partial charge in [0.05, 0.1) is 27.8 Å². The molecule has 2 aromatic carbocycles. The molecule has 1 fully saturated rings. The summed E-state index contributed by atoms with van der Waals surface area (Å²) in [6.45, 7) is 3.58. The van der Waals surface area contributed by atoms with Gasteiger partial charge in [-0.1, -0.05) is 29.8 Å². The number of esters is 1. The lowest BCUT2D eigenvalue weighted by atomic mass is 10.1. The van der Waals surface area contributed by atoms with Gasteiger partial charge in [0.2, 0.25) is 10.0 Å². The minimum atomic E-state index is -3.67. The highest BCUT2D eigenvalue weighted by Gasteiger charge is 2.29. The standard InChI is InChI=1S/C23H23ClN4O4S/c1-2-32-23(29)17-7-9-18(10-8-17)33(30,31)28-15-13-27(14-16-28)22-12-11-21(25-26-22)19-5-3-4-6-20(19)24/h3-12H,2,13-16H2,1H3. The third-order valence-electron chi connectivity index (χ3n) is 5.37. The number of nitrogens with zero attached hydrogens (tertiary/aromatic N) is 4. The van der Waals surface area contributed by atoms with E-state index < -0.39 is 16.0 Å². The zero-order chi connectivity index (χ0) is 23.4. The number of ether oxygens (including phenoxy) is 1. The van der Waals surface area contributed by atoms with Crippen molar-refractivity contribution in [2.24, 2.45) is 0 Å². The number of carbonyl (C=O) groups excluding carboxylic acids is 1. The van der Waals surface area contributed by atoms with Crippen molar-refractivity contribution in [1.29, 1.82) is 0 Å². The highest BCUT2D eigenvalue weighted by atomic mass is 35.5. The zero-order valence-corrected chi connectivity index (χ0v) is 19.6. The van der Waals surface area contributed by atoms with Gasteiger partial charge in [-0.2, -0.15) is 4.31 Å². The van der Waals surface area contributed by atoms with E-state index in [0.29, 0.717) is 48.3 Å². The average Bonchev–Trinajstić information content (AvgIpc) is 2.85. The number of hydrogen-bond acceptors (Lipinski definition) is 7. The van der Waals surface area contributed by atoms with E-state index in [-0.39, 0.29) is 11.5 Å². The lowest BCUT2D eigenvalue weighted by Gasteiger charge is -2.34. The summed E-state index contributed by atoms with van der Waals surface area (Å²) >= 11 is 6.23. The van der Waals surface area contributed by atoms with E-state index in [1.807, 2.05) is 35.2 Å². The molecule has 10 heteroatoms. The monoisotopic (exact) mass is 486 g/mol. The molecule has 1 aliphatic rings. The number of rotatable bonds is 6. The maximum Gasteiger partial charge on any atom is 0.338 e. The van der Waals surface area contributed by atoms with Gasteiger partial charge in [0.15, 0.2) is 5.82 Å². The highest BCUT2D eigenvalue weighted by molar-refractivity contribution is 7.89. The molecule has 0 radical (unpaired) electrons. The number of carbonyl (C=O) groups is 1. The van der Waals surface area contributed by atoms with Crippen LogP contribution in [0.25, 0.3) is 11.3 Å². The van der Waals surface area contributed by atoms with Crippen molar-refractivity contribution in [3.05, 3.63) is 71.2 Å². The number of anilines is 1. The number of piperazine rings is 1. The van der Waals surface area contributed by atoms with Gasteiger partial charge in [-0.3, -0.25) is 0 Å². The maximum absolute atomic E-state index is 13.0. The van der Waals surface area contributed by atoms with E-state index in [1.54, 1.807) is 13.0 Å². The van der Waals surface area contributed by atoms with Gasteiger partial charge in [-0.05, 0) is 49.4 Å². The van der Waals surface area contributed by atoms with Crippen molar-refractivity contribution in [2.75, 3.05) is 37.7 Å². The molecule has 172 valence electrons. The summed E-state index contributed by atoms with van der Waals surface area (Å²) in [7, 11) is -3.67. The van der Waals surface area contributed by atoms with E-state index in [0.717, 1.165) is 5.56 Å². The largest absolute Gasteiger partial charge is 0.462 e. The van der Waals surface area contributed by atoms with Crippen LogP contribution in [0, 0.1) is 0 Å². The molecule has 0 atom stereocenters. The summed E-state index contributed by atoms with van der Waals surface area (Å²) < 4.78 is 32.4. The van der Waals surface area contributed by atoms with E-state index in [1.165, 1.54) is 28.6 Å². The lowest BCUT2D eigenvalue weighted by molar-refractivity contribution is 0.0526. The fraction of sp³-hybridized carbons (Fsp3) is 0.261. The molecule has 1 aliphatic heterocycles. The molecule has 2 heterocycles. The molecule has 33 heavy (non-hydrogen) atoms. The molecule has 0 spiro atoms. The zero-order valence-electron chi connectivity index (χ0n) is 18.0. The van der Waals surface area contributed by atoms with Crippen LogP contribution in [-0.4, -0.2) is 61.7 Å². The van der Waals surface area contributed by atoms with Crippen molar-refractivity contribution in [2.45, 2.75) is 11.8 Å². The molecular weight excluding hydrogens is 464 g/mol. The third-order valence-corrected chi connectivity index (χ3v) is 7.61. The molecule has 0 unspecified atom stereocenters. The van der Waals surface area contributed by atoms with Gasteiger partial charge < -0.3 is 9.64 Å². The van der Waals surface area contributed by atoms with Crippen LogP contribution in [0.4, 0.5) is 5.82 Å². The number of benzene rings is 2. The Morgan fingerprint density at radius 1 is 0.970 bits per heavy atom. The van der Waals surface area contributed by atoms with Crippen molar-refractivity contribution in [1.82, 2.24) is 14.5 Å². The number of sulfonamides is 1. The summed E-state index contributed by atoms with van der Waals surface area (Å²) in [6.07, 6.45) is 0. The van der Waals surface area contributed by atoms with Crippen molar-refractivity contribution in [3.8, 4) is 11.3 Å². The summed E-state index contributed by atoms with van der Waals surface area (Å²) in [5.41, 5.74) is 1.80. The minimum absolute atomic E-state index is 0.146. The first kappa shape index (κ1) is 23.2. The summed E-state index contributed by atoms with van der Waals surface area (Å²) in [5.74, 6) is 0.207. The van der Waals surface area contributed by atoms with Crippen molar-refractivity contribution < 1.29 is 17.9 Å². The maximum atomic E-state index is 13.0. The Morgan fingerprint density at radius 2 is 1.67 bits per heavy atom. The molecule has 0 amide bonds. The van der Waals surface area contributed by atoms with Crippen LogP contribution in [0.2, 0.25) is 5.02 Å². The molecule has 0 bridgehead atoms. The van der Waals surface area contributed by atoms with Crippen LogP contribution in [0.1, 0.15) is 17.3 Å². The molecular formula is C23H23ClN4O4S. The molecule has 4 rings (SSSR count). The van der Waals surface area contributed by atoms with Crippen LogP contribution in [0.3, 0.4) is 0 Å². The Labute approximate surface area is 197 Å². The normalized spacial score (nSPS) is 14.8. The van der Waals surface area contributed by atoms with E-state index in [9.17, 15) is 13.2 Å². The second-order valence-corrected chi connectivity index (χ2v) is 9.74. The van der Waals surface area contributed by atoms with Crippen LogP contribution in [0.15, 0.2) is 65.6 Å². The van der Waals surface area contributed by atoms with Crippen LogP contribution >= 0.6 is 11.6 Å². The first-order valence-electron chi connectivity index (χ1n) is 10.5. The molecule has 0 aliphatic carbocycles. The first-order chi connectivity index (χ1) is 15.9. The Balaban J connectivity index is 1.41. The van der Waals surface area contributed by atoms with Gasteiger partial charge in [-0.25, -0.2) is 13.2 Å². The second-order valence-electron chi connectivity index (χ2n) is 7.39. The van der Waals surface area contributed by atoms with E-state index in [2.05, 4.69) is 10.2 Å². The van der Waals surface area contributed by atoms with Gasteiger partial charge in [0, 0.05) is 31.7 Å². The predicted octanol–water partition coefficient (Wildman–Crippen LogP) is 3.48. The van der Waals surface area contributed by atoms with E-state index >= 15 is 0 Å². The number of aromatic nitrogens is 2. The van der Waals surface area contributed by atoms with Gasteiger partial charge >= 0.3 is 5.97 Å². The molecule has 1 aromatic heterocycles. The quantitative estimate of drug-likeness (QED) is 0.492. The second kappa shape index (κ2) is 9.86. The van der Waals surface area contributed by atoms with Crippen LogP contribution < -0.4 is 4.90 Å². The minimum Gasteiger partial charge on any atom is -0.462 e. The first-order valence-corrected chi connectivity index (χ1v) is 12.3. The van der Waals surface area contributed by atoms with E-state index in [4.69, 9.17) is 16.3 Å². The van der Waals surface area contributed by atoms with Gasteiger partial charge in [0.1, 0.15) is 0 Å². The van der Waals surface area contributed by atoms with Gasteiger partial charge in [0.25, 0.3) is 0 Å². The molecule has 0 saturated carbocycles. The topological polar surface area (TPSA) is 92.7 Å². The molecule has 1 saturated heterocycles. The fourth-order valence-corrected chi connectivity index (χ4v) is 5.25. The fourth-order valence-electron chi connectivity index (χ4n) is 3.59. The summed E-state index contributed by atoms with van der Waals surface area (Å²) in [6, 6.07) is 17.0. The summed E-state index contributed by atoms with van der Waals surface area (Å²) in [4.78, 5) is 13.9. The smallest absolute Gasteiger partial charge is 0.338 e. The average molecular weight is 487 g/mol. The number of halogens is 1. The SMILES string of the molecule is CCOC(=O)c1ccc(S(=O)(=O)N2CCN(c3ccc(-c4ccccc4Cl)nn3)CC2)cc1. The number of hydrogen-bond donors (Lipinski definition) is 0. The molecule has 8 nitrogen and oxygen atoms in total. The van der Waals surface area contributed by atoms with Crippen LogP contribution in [0.5, 0.6) is 0 Å². The van der Waals surface area contributed by atoms with Crippen molar-refractivity contribution >= 4 is 33.4 Å². The predicted molar refractivity (Wildman–Crippen MR) is 126 cm³/mol.